The van der Waals surface area contributed by atoms with Gasteiger partial charge in [0.2, 0.25) is 0 Å². The molecule has 1 aliphatic carbocycles. The molecule has 0 aliphatic heterocycles. The zero-order chi connectivity index (χ0) is 12.1. The van der Waals surface area contributed by atoms with Crippen LogP contribution in [0.15, 0.2) is 66.3 Å². The van der Waals surface area contributed by atoms with E-state index in [0.29, 0.717) is 5.92 Å². The number of hydrogen-bond donors (Lipinski definition) is 0. The van der Waals surface area contributed by atoms with Gasteiger partial charge in [0.25, 0.3) is 0 Å². The van der Waals surface area contributed by atoms with E-state index in [1.807, 2.05) is 25.3 Å². The molecule has 2 rings (SSSR count). The maximum Gasteiger partial charge on any atom is 0.0698 e. The molecule has 1 aromatic carbocycles. The molecule has 0 heterocycles. The third-order valence-corrected chi connectivity index (χ3v) is 2.95. The average Bonchev–Trinajstić information content (AvgIpc) is 2.30. The quantitative estimate of drug-likeness (QED) is 0.535. The Morgan fingerprint density at radius 3 is 2.76 bits per heavy atom. The summed E-state index contributed by atoms with van der Waals surface area (Å²) in [7, 11) is 0. The largest absolute Gasteiger partial charge is 0.257 e. The highest BCUT2D eigenvalue weighted by Gasteiger charge is 2.17. The molecule has 1 heteroatoms. The molecule has 1 aromatic rings. The van der Waals surface area contributed by atoms with Crippen LogP contribution in [-0.4, -0.2) is 5.71 Å². The Kier molecular flexibility index (Phi) is 3.71. The van der Waals surface area contributed by atoms with Gasteiger partial charge in [0.15, 0.2) is 0 Å². The van der Waals surface area contributed by atoms with Crippen LogP contribution >= 0.6 is 0 Å². The van der Waals surface area contributed by atoms with Crippen molar-refractivity contribution in [1.29, 1.82) is 0 Å². The van der Waals surface area contributed by atoms with Crippen LogP contribution in [0, 0.1) is 0 Å². The molecular formula is C16H17N. The van der Waals surface area contributed by atoms with E-state index in [1.54, 1.807) is 0 Å². The van der Waals surface area contributed by atoms with Gasteiger partial charge >= 0.3 is 0 Å². The van der Waals surface area contributed by atoms with Gasteiger partial charge in [-0.05, 0) is 25.0 Å². The van der Waals surface area contributed by atoms with Crippen molar-refractivity contribution in [2.75, 3.05) is 0 Å². The number of rotatable bonds is 4. The second-order valence-electron chi connectivity index (χ2n) is 4.06. The summed E-state index contributed by atoms with van der Waals surface area (Å²) < 4.78 is 0. The Labute approximate surface area is 103 Å². The second kappa shape index (κ2) is 5.44. The molecule has 0 spiro atoms. The molecule has 0 fully saturated rings. The smallest absolute Gasteiger partial charge is 0.0698 e. The molecule has 0 radical (unpaired) electrons. The SMILES string of the molecule is C=CC(=N/C=C\C)c1ccccc1C1C=CC1. The van der Waals surface area contributed by atoms with Gasteiger partial charge in [0, 0.05) is 17.7 Å². The van der Waals surface area contributed by atoms with Crippen molar-refractivity contribution in [1.82, 2.24) is 0 Å². The predicted molar refractivity (Wildman–Crippen MR) is 74.5 cm³/mol. The summed E-state index contributed by atoms with van der Waals surface area (Å²) in [5.41, 5.74) is 3.48. The van der Waals surface area contributed by atoms with E-state index < -0.39 is 0 Å². The molecule has 17 heavy (non-hydrogen) atoms. The van der Waals surface area contributed by atoms with Crippen molar-refractivity contribution < 1.29 is 0 Å². The number of nitrogens with zero attached hydrogens (tertiary/aromatic N) is 1. The van der Waals surface area contributed by atoms with Gasteiger partial charge in [-0.2, -0.15) is 0 Å². The minimum atomic E-state index is 0.543. The monoisotopic (exact) mass is 223 g/mol. The number of hydrogen-bond acceptors (Lipinski definition) is 1. The van der Waals surface area contributed by atoms with Crippen molar-refractivity contribution in [3.05, 3.63) is 72.5 Å². The molecule has 1 aliphatic rings. The third-order valence-electron chi connectivity index (χ3n) is 2.95. The first-order chi connectivity index (χ1) is 8.36. The van der Waals surface area contributed by atoms with E-state index in [-0.39, 0.29) is 0 Å². The molecule has 0 bridgehead atoms. The number of aliphatic imine (C=N–C) groups is 1. The standard InChI is InChI=1S/C16H17N/c1-3-12-17-16(4-2)15-11-6-5-10-14(15)13-8-7-9-13/h3-8,10-13H,2,9H2,1H3/b12-3-,17-16?. The Morgan fingerprint density at radius 2 is 2.18 bits per heavy atom. The normalized spacial score (nSPS) is 19.4. The van der Waals surface area contributed by atoms with Crippen LogP contribution in [0.25, 0.3) is 0 Å². The van der Waals surface area contributed by atoms with E-state index >= 15 is 0 Å². The first kappa shape index (κ1) is 11.6. The van der Waals surface area contributed by atoms with Gasteiger partial charge in [0.1, 0.15) is 0 Å². The van der Waals surface area contributed by atoms with Crippen molar-refractivity contribution in [2.45, 2.75) is 19.3 Å². The van der Waals surface area contributed by atoms with E-state index in [2.05, 4.69) is 48.0 Å². The van der Waals surface area contributed by atoms with Gasteiger partial charge in [-0.15, -0.1) is 0 Å². The molecular weight excluding hydrogens is 206 g/mol. The maximum absolute atomic E-state index is 4.43. The topological polar surface area (TPSA) is 12.4 Å². The molecule has 1 atom stereocenters. The molecule has 0 aromatic heterocycles. The summed E-state index contributed by atoms with van der Waals surface area (Å²) in [6, 6.07) is 8.43. The Bertz CT molecular complexity index is 492. The second-order valence-corrected chi connectivity index (χ2v) is 4.06. The first-order valence-corrected chi connectivity index (χ1v) is 5.94. The van der Waals surface area contributed by atoms with Gasteiger partial charge in [-0.25, -0.2) is 0 Å². The third kappa shape index (κ3) is 2.44. The van der Waals surface area contributed by atoms with E-state index in [0.717, 1.165) is 12.1 Å². The van der Waals surface area contributed by atoms with Crippen LogP contribution in [0.5, 0.6) is 0 Å². The summed E-state index contributed by atoms with van der Waals surface area (Å²) >= 11 is 0. The van der Waals surface area contributed by atoms with Crippen LogP contribution in [0.1, 0.15) is 30.4 Å². The van der Waals surface area contributed by atoms with E-state index in [9.17, 15) is 0 Å². The Balaban J connectivity index is 2.42. The summed E-state index contributed by atoms with van der Waals surface area (Å²) in [6.07, 6.45) is 11.1. The van der Waals surface area contributed by atoms with Gasteiger partial charge in [0.05, 0.1) is 5.71 Å². The summed E-state index contributed by atoms with van der Waals surface area (Å²) in [6.45, 7) is 5.81. The highest BCUT2D eigenvalue weighted by molar-refractivity contribution is 6.09. The number of benzene rings is 1. The fourth-order valence-electron chi connectivity index (χ4n) is 1.94. The predicted octanol–water partition coefficient (Wildman–Crippen LogP) is 4.24. The fourth-order valence-corrected chi connectivity index (χ4v) is 1.94. The minimum absolute atomic E-state index is 0.543. The lowest BCUT2D eigenvalue weighted by atomic mass is 9.84. The van der Waals surface area contributed by atoms with Gasteiger partial charge < -0.3 is 0 Å². The maximum atomic E-state index is 4.43. The van der Waals surface area contributed by atoms with Crippen LogP contribution in [0.2, 0.25) is 0 Å². The molecule has 1 unspecified atom stereocenters. The minimum Gasteiger partial charge on any atom is -0.257 e. The lowest BCUT2D eigenvalue weighted by molar-refractivity contribution is 0.792. The van der Waals surface area contributed by atoms with Crippen molar-refractivity contribution in [3.8, 4) is 0 Å². The van der Waals surface area contributed by atoms with E-state index in [4.69, 9.17) is 0 Å². The van der Waals surface area contributed by atoms with Crippen molar-refractivity contribution >= 4 is 5.71 Å². The molecule has 0 saturated carbocycles. The van der Waals surface area contributed by atoms with Crippen molar-refractivity contribution in [2.24, 2.45) is 4.99 Å². The molecule has 1 nitrogen and oxygen atoms in total. The lowest BCUT2D eigenvalue weighted by Crippen LogP contribution is -2.08. The lowest BCUT2D eigenvalue weighted by Gasteiger charge is -2.21. The molecule has 86 valence electrons. The zero-order valence-corrected chi connectivity index (χ0v) is 10.1. The Morgan fingerprint density at radius 1 is 1.41 bits per heavy atom. The van der Waals surface area contributed by atoms with Crippen molar-refractivity contribution in [3.63, 3.8) is 0 Å². The van der Waals surface area contributed by atoms with Crippen LogP contribution in [-0.2, 0) is 0 Å². The summed E-state index contributed by atoms with van der Waals surface area (Å²) in [5.74, 6) is 0.543. The van der Waals surface area contributed by atoms with Crippen LogP contribution in [0.3, 0.4) is 0 Å². The zero-order valence-electron chi connectivity index (χ0n) is 10.1. The fraction of sp³-hybridized carbons (Fsp3) is 0.188. The first-order valence-electron chi connectivity index (χ1n) is 5.94. The highest BCUT2D eigenvalue weighted by atomic mass is 14.7. The summed E-state index contributed by atoms with van der Waals surface area (Å²) in [5, 5.41) is 0. The van der Waals surface area contributed by atoms with Gasteiger partial charge in [-0.3, -0.25) is 4.99 Å². The molecule has 0 amide bonds. The Hall–Kier alpha value is -1.89. The highest BCUT2D eigenvalue weighted by Crippen LogP contribution is 2.31. The number of allylic oxidation sites excluding steroid dienone is 4. The average molecular weight is 223 g/mol. The van der Waals surface area contributed by atoms with Gasteiger partial charge in [-0.1, -0.05) is 49.1 Å². The van der Waals surface area contributed by atoms with E-state index in [1.165, 1.54) is 11.1 Å². The molecule has 0 saturated heterocycles. The molecule has 0 N–H and O–H groups in total. The van der Waals surface area contributed by atoms with Crippen LogP contribution < -0.4 is 0 Å². The summed E-state index contributed by atoms with van der Waals surface area (Å²) in [4.78, 5) is 4.43. The van der Waals surface area contributed by atoms with Crippen LogP contribution in [0.4, 0.5) is 0 Å².